The average Bonchev–Trinajstić information content (AvgIpc) is 2.44. The van der Waals surface area contributed by atoms with Gasteiger partial charge in [0.05, 0.1) is 33.7 Å². The van der Waals surface area contributed by atoms with Crippen molar-refractivity contribution in [2.45, 2.75) is 6.42 Å². The molecule has 0 saturated heterocycles. The summed E-state index contributed by atoms with van der Waals surface area (Å²) >= 11 is 11.7. The third-order valence-corrected chi connectivity index (χ3v) is 3.27. The number of nitro benzene ring substituents is 1. The Hall–Kier alpha value is -1.63. The van der Waals surface area contributed by atoms with Gasteiger partial charge in [-0.2, -0.15) is 0 Å². The van der Waals surface area contributed by atoms with Crippen LogP contribution in [0.25, 0.3) is 0 Å². The van der Waals surface area contributed by atoms with E-state index in [1.165, 1.54) is 0 Å². The number of hydrogen-bond donors (Lipinski definition) is 1. The molecule has 0 aliphatic heterocycles. The zero-order valence-electron chi connectivity index (χ0n) is 11.1. The molecule has 0 radical (unpaired) electrons. The largest absolute Gasteiger partial charge is 0.379 e. The van der Waals surface area contributed by atoms with Gasteiger partial charge in [0.2, 0.25) is 0 Å². The monoisotopic (exact) mass is 332 g/mol. The van der Waals surface area contributed by atoms with E-state index >= 15 is 0 Å². The molecule has 1 aromatic rings. The van der Waals surface area contributed by atoms with E-state index in [-0.39, 0.29) is 27.8 Å². The first-order chi connectivity index (χ1) is 9.97. The maximum atomic E-state index is 11.9. The second kappa shape index (κ2) is 8.61. The van der Waals surface area contributed by atoms with Crippen molar-refractivity contribution in [1.29, 1.82) is 0 Å². The van der Waals surface area contributed by atoms with Gasteiger partial charge in [0.25, 0.3) is 11.6 Å². The minimum absolute atomic E-state index is 0.0210. The second-order valence-corrected chi connectivity index (χ2v) is 4.78. The van der Waals surface area contributed by atoms with Crippen LogP contribution in [-0.4, -0.2) is 30.6 Å². The Morgan fingerprint density at radius 3 is 2.76 bits per heavy atom. The van der Waals surface area contributed by atoms with Gasteiger partial charge in [-0.1, -0.05) is 29.3 Å². The summed E-state index contributed by atoms with van der Waals surface area (Å²) in [5.74, 6) is -0.544. The van der Waals surface area contributed by atoms with Gasteiger partial charge in [-0.25, -0.2) is 0 Å². The van der Waals surface area contributed by atoms with Crippen LogP contribution in [-0.2, 0) is 4.74 Å². The Morgan fingerprint density at radius 1 is 1.43 bits per heavy atom. The third kappa shape index (κ3) is 5.34. The SMILES string of the molecule is C=CCCOCCNC(=O)c1cc([N+](=O)[O-])cc(Cl)c1Cl. The number of carbonyl (C=O) groups is 1. The van der Waals surface area contributed by atoms with Gasteiger partial charge in [-0.15, -0.1) is 6.58 Å². The molecule has 1 amide bonds. The maximum absolute atomic E-state index is 11.9. The number of benzene rings is 1. The molecule has 1 aromatic carbocycles. The number of amides is 1. The molecule has 6 nitrogen and oxygen atoms in total. The molecule has 0 aromatic heterocycles. The summed E-state index contributed by atoms with van der Waals surface area (Å²) < 4.78 is 5.22. The fourth-order valence-corrected chi connectivity index (χ4v) is 1.85. The van der Waals surface area contributed by atoms with Crippen LogP contribution >= 0.6 is 23.2 Å². The summed E-state index contributed by atoms with van der Waals surface area (Å²) in [7, 11) is 0. The first-order valence-electron chi connectivity index (χ1n) is 6.07. The highest BCUT2D eigenvalue weighted by atomic mass is 35.5. The average molecular weight is 333 g/mol. The number of nitro groups is 1. The lowest BCUT2D eigenvalue weighted by Gasteiger charge is -2.08. The number of non-ortho nitro benzene ring substituents is 1. The minimum Gasteiger partial charge on any atom is -0.379 e. The number of rotatable bonds is 8. The van der Waals surface area contributed by atoms with E-state index in [1.807, 2.05) is 0 Å². The molecule has 0 bridgehead atoms. The normalized spacial score (nSPS) is 10.2. The zero-order chi connectivity index (χ0) is 15.8. The van der Waals surface area contributed by atoms with Crippen molar-refractivity contribution >= 4 is 34.8 Å². The summed E-state index contributed by atoms with van der Waals surface area (Å²) in [6, 6.07) is 2.18. The van der Waals surface area contributed by atoms with E-state index in [1.54, 1.807) is 6.08 Å². The van der Waals surface area contributed by atoms with E-state index in [9.17, 15) is 14.9 Å². The van der Waals surface area contributed by atoms with Crippen molar-refractivity contribution in [3.63, 3.8) is 0 Å². The number of ether oxygens (including phenoxy) is 1. The lowest BCUT2D eigenvalue weighted by molar-refractivity contribution is -0.384. The molecular weight excluding hydrogens is 319 g/mol. The van der Waals surface area contributed by atoms with E-state index in [0.717, 1.165) is 18.6 Å². The molecule has 0 spiro atoms. The maximum Gasteiger partial charge on any atom is 0.271 e. The number of halogens is 2. The Morgan fingerprint density at radius 2 is 2.14 bits per heavy atom. The predicted molar refractivity (Wildman–Crippen MR) is 81.1 cm³/mol. The van der Waals surface area contributed by atoms with E-state index < -0.39 is 10.8 Å². The van der Waals surface area contributed by atoms with Crippen molar-refractivity contribution in [3.8, 4) is 0 Å². The van der Waals surface area contributed by atoms with Gasteiger partial charge in [0.15, 0.2) is 0 Å². The predicted octanol–water partition coefficient (Wildman–Crippen LogP) is 3.22. The number of nitrogens with zero attached hydrogens (tertiary/aromatic N) is 1. The Balaban J connectivity index is 2.65. The molecule has 0 saturated carbocycles. The van der Waals surface area contributed by atoms with Crippen molar-refractivity contribution < 1.29 is 14.5 Å². The standard InChI is InChI=1S/C13H14Cl2N2O4/c1-2-3-5-21-6-4-16-13(18)10-7-9(17(19)20)8-11(14)12(10)15/h2,7-8H,1,3-6H2,(H,16,18). The highest BCUT2D eigenvalue weighted by Crippen LogP contribution is 2.30. The van der Waals surface area contributed by atoms with Gasteiger partial charge in [-0.3, -0.25) is 14.9 Å². The summed E-state index contributed by atoms with van der Waals surface area (Å²) in [4.78, 5) is 22.0. The first-order valence-corrected chi connectivity index (χ1v) is 6.83. The molecule has 0 aliphatic rings. The van der Waals surface area contributed by atoms with Crippen LogP contribution in [0.15, 0.2) is 24.8 Å². The van der Waals surface area contributed by atoms with Gasteiger partial charge in [-0.05, 0) is 6.42 Å². The van der Waals surface area contributed by atoms with Crippen molar-refractivity contribution in [3.05, 3.63) is 50.5 Å². The molecule has 0 aliphatic carbocycles. The fraction of sp³-hybridized carbons (Fsp3) is 0.308. The minimum atomic E-state index is -0.641. The summed E-state index contributed by atoms with van der Waals surface area (Å²) in [6.07, 6.45) is 2.45. The first kappa shape index (κ1) is 17.4. The van der Waals surface area contributed by atoms with Crippen LogP contribution in [0, 0.1) is 10.1 Å². The summed E-state index contributed by atoms with van der Waals surface area (Å²) in [6.45, 7) is 4.65. The van der Waals surface area contributed by atoms with Crippen LogP contribution in [0.1, 0.15) is 16.8 Å². The molecule has 0 unspecified atom stereocenters. The number of hydrogen-bond acceptors (Lipinski definition) is 4. The van der Waals surface area contributed by atoms with Gasteiger partial charge in [0.1, 0.15) is 0 Å². The molecule has 0 fully saturated rings. The quantitative estimate of drug-likeness (QED) is 0.343. The number of carbonyl (C=O) groups excluding carboxylic acids is 1. The van der Waals surface area contributed by atoms with E-state index in [4.69, 9.17) is 27.9 Å². The lowest BCUT2D eigenvalue weighted by atomic mass is 10.2. The third-order valence-electron chi connectivity index (χ3n) is 2.47. The molecule has 0 heterocycles. The highest BCUT2D eigenvalue weighted by Gasteiger charge is 2.19. The Kier molecular flexibility index (Phi) is 7.14. The number of nitrogens with one attached hydrogen (secondary N) is 1. The Bertz CT molecular complexity index is 549. The van der Waals surface area contributed by atoms with Crippen LogP contribution in [0.3, 0.4) is 0 Å². The molecule has 1 rings (SSSR count). The van der Waals surface area contributed by atoms with Crippen molar-refractivity contribution in [1.82, 2.24) is 5.32 Å². The Labute approximate surface area is 131 Å². The van der Waals surface area contributed by atoms with Crippen molar-refractivity contribution in [2.24, 2.45) is 0 Å². The smallest absolute Gasteiger partial charge is 0.271 e. The van der Waals surface area contributed by atoms with E-state index in [2.05, 4.69) is 11.9 Å². The van der Waals surface area contributed by atoms with Gasteiger partial charge in [0, 0.05) is 18.7 Å². The zero-order valence-corrected chi connectivity index (χ0v) is 12.6. The molecular formula is C13H14Cl2N2O4. The van der Waals surface area contributed by atoms with E-state index in [0.29, 0.717) is 13.2 Å². The second-order valence-electron chi connectivity index (χ2n) is 3.99. The van der Waals surface area contributed by atoms with Gasteiger partial charge < -0.3 is 10.1 Å². The lowest BCUT2D eigenvalue weighted by Crippen LogP contribution is -2.27. The fourth-order valence-electron chi connectivity index (χ4n) is 1.45. The van der Waals surface area contributed by atoms with Gasteiger partial charge >= 0.3 is 0 Å². The highest BCUT2D eigenvalue weighted by molar-refractivity contribution is 6.44. The van der Waals surface area contributed by atoms with Crippen LogP contribution in [0.4, 0.5) is 5.69 Å². The molecule has 1 N–H and O–H groups in total. The molecule has 114 valence electrons. The van der Waals surface area contributed by atoms with Crippen LogP contribution in [0.5, 0.6) is 0 Å². The molecule has 0 atom stereocenters. The molecule has 21 heavy (non-hydrogen) atoms. The molecule has 8 heteroatoms. The van der Waals surface area contributed by atoms with Crippen molar-refractivity contribution in [2.75, 3.05) is 19.8 Å². The summed E-state index contributed by atoms with van der Waals surface area (Å²) in [5, 5.41) is 13.2. The summed E-state index contributed by atoms with van der Waals surface area (Å²) in [5.41, 5.74) is -0.334. The topological polar surface area (TPSA) is 81.5 Å². The van der Waals surface area contributed by atoms with Crippen LogP contribution < -0.4 is 5.32 Å². The van der Waals surface area contributed by atoms with Crippen LogP contribution in [0.2, 0.25) is 10.0 Å².